The van der Waals surface area contributed by atoms with Crippen molar-refractivity contribution in [1.82, 2.24) is 0 Å². The van der Waals surface area contributed by atoms with Crippen LogP contribution in [0.15, 0.2) is 53.8 Å². The van der Waals surface area contributed by atoms with Gasteiger partial charge in [-0.3, -0.25) is 0 Å². The fraction of sp³-hybridized carbons (Fsp3) is 0.294. The molecule has 104 valence electrons. The van der Waals surface area contributed by atoms with Gasteiger partial charge >= 0.3 is 0 Å². The minimum absolute atomic E-state index is 0.105. The average Bonchev–Trinajstić information content (AvgIpc) is 2.80. The molecule has 0 radical (unpaired) electrons. The number of fused-ring (bicyclic) bond motifs is 2. The molecule has 2 nitrogen and oxygen atoms in total. The van der Waals surface area contributed by atoms with Gasteiger partial charge in [-0.25, -0.2) is 4.39 Å². The van der Waals surface area contributed by atoms with Crippen LogP contribution in [-0.2, 0) is 0 Å². The van der Waals surface area contributed by atoms with E-state index in [0.29, 0.717) is 11.3 Å². The summed E-state index contributed by atoms with van der Waals surface area (Å²) < 4.78 is 13.8. The van der Waals surface area contributed by atoms with E-state index in [0.717, 1.165) is 24.1 Å². The van der Waals surface area contributed by atoms with Crippen molar-refractivity contribution in [2.45, 2.75) is 19.8 Å². The smallest absolute Gasteiger partial charge is 0.132 e. The Bertz CT molecular complexity index is 657. The number of hydrogen-bond donors (Lipinski definition) is 2. The molecule has 4 N–H and O–H groups in total. The molecule has 20 heavy (non-hydrogen) atoms. The van der Waals surface area contributed by atoms with E-state index in [9.17, 15) is 4.39 Å². The summed E-state index contributed by atoms with van der Waals surface area (Å²) in [6.45, 7) is 6.31. The summed E-state index contributed by atoms with van der Waals surface area (Å²) in [6.07, 6.45) is 3.92. The van der Waals surface area contributed by atoms with Crippen LogP contribution in [0.4, 0.5) is 4.39 Å². The molecule has 1 fully saturated rings. The normalized spacial score (nSPS) is 29.4. The van der Waals surface area contributed by atoms with Crippen LogP contribution >= 0.6 is 0 Å². The SMILES string of the molecule is C=C1[C@@H]2CC[C@@]1(C)C(N)=C2/C=C(\N)c1ccccc1F. The van der Waals surface area contributed by atoms with Crippen LogP contribution in [0.1, 0.15) is 25.3 Å². The zero-order valence-corrected chi connectivity index (χ0v) is 11.6. The Balaban J connectivity index is 2.04. The van der Waals surface area contributed by atoms with E-state index in [1.165, 1.54) is 11.6 Å². The Morgan fingerprint density at radius 3 is 2.75 bits per heavy atom. The lowest BCUT2D eigenvalue weighted by Gasteiger charge is -2.23. The summed E-state index contributed by atoms with van der Waals surface area (Å²) in [6, 6.07) is 6.52. The molecule has 0 aliphatic heterocycles. The van der Waals surface area contributed by atoms with Crippen molar-refractivity contribution in [3.05, 3.63) is 65.1 Å². The van der Waals surface area contributed by atoms with Crippen LogP contribution < -0.4 is 11.5 Å². The maximum atomic E-state index is 13.8. The molecule has 0 spiro atoms. The van der Waals surface area contributed by atoms with Crippen LogP contribution in [0.2, 0.25) is 0 Å². The topological polar surface area (TPSA) is 52.0 Å². The summed E-state index contributed by atoms with van der Waals surface area (Å²) in [5.74, 6) is -0.0426. The van der Waals surface area contributed by atoms with Gasteiger partial charge in [0.1, 0.15) is 5.82 Å². The van der Waals surface area contributed by atoms with E-state index in [1.54, 1.807) is 18.2 Å². The van der Waals surface area contributed by atoms with E-state index < -0.39 is 0 Å². The molecule has 1 saturated carbocycles. The standard InChI is InChI=1S/C17H19FN2/c1-10-11-7-8-17(10,2)16(20)13(11)9-15(19)12-5-3-4-6-14(12)18/h3-6,9,11H,1,7-8,19-20H2,2H3/b15-9-/t11-,17+/m0/s1. The maximum absolute atomic E-state index is 13.8. The van der Waals surface area contributed by atoms with Crippen LogP contribution in [0.3, 0.4) is 0 Å². The molecule has 0 unspecified atom stereocenters. The van der Waals surface area contributed by atoms with Gasteiger partial charge in [-0.15, -0.1) is 0 Å². The third-order valence-electron chi connectivity index (χ3n) is 4.84. The Hall–Kier alpha value is -2.03. The average molecular weight is 270 g/mol. The molecule has 2 aliphatic carbocycles. The minimum atomic E-state index is -0.311. The summed E-state index contributed by atoms with van der Waals surface area (Å²) in [7, 11) is 0. The molecule has 2 bridgehead atoms. The van der Waals surface area contributed by atoms with Crippen LogP contribution in [0.25, 0.3) is 5.70 Å². The lowest BCUT2D eigenvalue weighted by atomic mass is 9.84. The van der Waals surface area contributed by atoms with Gasteiger partial charge in [0, 0.05) is 28.3 Å². The van der Waals surface area contributed by atoms with Gasteiger partial charge < -0.3 is 11.5 Å². The molecule has 1 aromatic rings. The summed E-state index contributed by atoms with van der Waals surface area (Å²) >= 11 is 0. The lowest BCUT2D eigenvalue weighted by Crippen LogP contribution is -2.21. The highest BCUT2D eigenvalue weighted by Crippen LogP contribution is 2.58. The van der Waals surface area contributed by atoms with Gasteiger partial charge in [0.05, 0.1) is 0 Å². The third-order valence-corrected chi connectivity index (χ3v) is 4.84. The molecule has 2 aliphatic rings. The molecule has 0 amide bonds. The zero-order chi connectivity index (χ0) is 14.5. The molecule has 0 aromatic heterocycles. The predicted molar refractivity (Wildman–Crippen MR) is 79.7 cm³/mol. The molecular formula is C17H19FN2. The quantitative estimate of drug-likeness (QED) is 0.810. The molecular weight excluding hydrogens is 251 g/mol. The van der Waals surface area contributed by atoms with Gasteiger partial charge in [-0.2, -0.15) is 0 Å². The molecule has 0 saturated heterocycles. The Morgan fingerprint density at radius 1 is 1.45 bits per heavy atom. The summed E-state index contributed by atoms with van der Waals surface area (Å²) in [4.78, 5) is 0. The van der Waals surface area contributed by atoms with Gasteiger partial charge in [0.15, 0.2) is 0 Å². The highest BCUT2D eigenvalue weighted by Gasteiger charge is 2.49. The van der Waals surface area contributed by atoms with Crippen molar-refractivity contribution in [3.63, 3.8) is 0 Å². The second-order valence-corrected chi connectivity index (χ2v) is 5.90. The maximum Gasteiger partial charge on any atom is 0.132 e. The van der Waals surface area contributed by atoms with Crippen molar-refractivity contribution in [3.8, 4) is 0 Å². The molecule has 3 heteroatoms. The van der Waals surface area contributed by atoms with Crippen molar-refractivity contribution >= 4 is 5.70 Å². The second-order valence-electron chi connectivity index (χ2n) is 5.90. The number of allylic oxidation sites excluding steroid dienone is 3. The Kier molecular flexibility index (Phi) is 2.75. The fourth-order valence-corrected chi connectivity index (χ4v) is 3.43. The number of rotatable bonds is 2. The van der Waals surface area contributed by atoms with E-state index in [4.69, 9.17) is 11.5 Å². The number of nitrogens with two attached hydrogens (primary N) is 2. The van der Waals surface area contributed by atoms with Crippen LogP contribution in [0.5, 0.6) is 0 Å². The summed E-state index contributed by atoms with van der Waals surface area (Å²) in [5, 5.41) is 0. The Labute approximate surface area is 118 Å². The number of halogens is 1. The minimum Gasteiger partial charge on any atom is -0.401 e. The first kappa shape index (κ1) is 13.0. The van der Waals surface area contributed by atoms with E-state index in [2.05, 4.69) is 13.5 Å². The van der Waals surface area contributed by atoms with Crippen LogP contribution in [0, 0.1) is 17.2 Å². The van der Waals surface area contributed by atoms with E-state index >= 15 is 0 Å². The number of benzene rings is 1. The van der Waals surface area contributed by atoms with Crippen molar-refractivity contribution in [2.24, 2.45) is 22.8 Å². The first-order valence-corrected chi connectivity index (χ1v) is 6.86. The van der Waals surface area contributed by atoms with Gasteiger partial charge in [0.2, 0.25) is 0 Å². The van der Waals surface area contributed by atoms with Gasteiger partial charge in [-0.1, -0.05) is 31.2 Å². The van der Waals surface area contributed by atoms with E-state index in [-0.39, 0.29) is 17.2 Å². The molecule has 3 rings (SSSR count). The van der Waals surface area contributed by atoms with E-state index in [1.807, 2.05) is 6.08 Å². The summed E-state index contributed by atoms with van der Waals surface area (Å²) in [5.41, 5.74) is 16.1. The zero-order valence-electron chi connectivity index (χ0n) is 11.6. The van der Waals surface area contributed by atoms with Crippen molar-refractivity contribution in [1.29, 1.82) is 0 Å². The molecule has 2 atom stereocenters. The van der Waals surface area contributed by atoms with Gasteiger partial charge in [-0.05, 0) is 36.6 Å². The fourth-order valence-electron chi connectivity index (χ4n) is 3.43. The highest BCUT2D eigenvalue weighted by atomic mass is 19.1. The van der Waals surface area contributed by atoms with Crippen LogP contribution in [-0.4, -0.2) is 0 Å². The second kappa shape index (κ2) is 4.23. The number of hydrogen-bond acceptors (Lipinski definition) is 2. The van der Waals surface area contributed by atoms with Gasteiger partial charge in [0.25, 0.3) is 0 Å². The Morgan fingerprint density at radius 2 is 2.15 bits per heavy atom. The predicted octanol–water partition coefficient (Wildman–Crippen LogP) is 3.32. The molecule has 0 heterocycles. The van der Waals surface area contributed by atoms with Crippen molar-refractivity contribution < 1.29 is 4.39 Å². The molecule has 1 aromatic carbocycles. The first-order valence-electron chi connectivity index (χ1n) is 6.86. The highest BCUT2D eigenvalue weighted by molar-refractivity contribution is 5.68. The monoisotopic (exact) mass is 270 g/mol. The largest absolute Gasteiger partial charge is 0.401 e. The third kappa shape index (κ3) is 1.62. The van der Waals surface area contributed by atoms with Crippen molar-refractivity contribution in [2.75, 3.05) is 0 Å². The lowest BCUT2D eigenvalue weighted by molar-refractivity contribution is 0.483. The first-order chi connectivity index (χ1) is 9.45.